The number of nitrogens with zero attached hydrogens (tertiary/aromatic N) is 5. The molecule has 2 rings (SSSR count). The first kappa shape index (κ1) is 28.5. The van der Waals surface area contributed by atoms with Gasteiger partial charge in [-0.15, -0.1) is 34.2 Å². The second-order valence-corrected chi connectivity index (χ2v) is 9.00. The monoisotopic (exact) mass is 565 g/mol. The molecule has 1 saturated carbocycles. The van der Waals surface area contributed by atoms with Crippen LogP contribution in [0.1, 0.15) is 77.6 Å². The molecule has 0 spiro atoms. The van der Waals surface area contributed by atoms with Gasteiger partial charge in [-0.05, 0) is 64.9 Å². The van der Waals surface area contributed by atoms with Crippen LogP contribution in [0.2, 0.25) is 0 Å². The summed E-state index contributed by atoms with van der Waals surface area (Å²) < 4.78 is 2.41. The molecule has 180 valence electrons. The Labute approximate surface area is 211 Å². The summed E-state index contributed by atoms with van der Waals surface area (Å²) in [7, 11) is 1.85. The van der Waals surface area contributed by atoms with Crippen LogP contribution < -0.4 is 10.6 Å². The Morgan fingerprint density at radius 3 is 2.55 bits per heavy atom. The molecule has 0 aromatic carbocycles. The normalized spacial score (nSPS) is 15.9. The van der Waals surface area contributed by atoms with E-state index in [2.05, 4.69) is 62.3 Å². The maximum atomic E-state index is 4.49. The molecule has 1 unspecified atom stereocenters. The van der Waals surface area contributed by atoms with Crippen molar-refractivity contribution in [3.8, 4) is 0 Å². The molecule has 1 aliphatic carbocycles. The molecular weight excluding hydrogens is 521 g/mol. The SMILES string of the molecule is CCN(CC)CCCC(C)NC(=NC)NCCCc1nnc(SC)n1C1CCCC1.I. The minimum Gasteiger partial charge on any atom is -0.356 e. The fourth-order valence-electron chi connectivity index (χ4n) is 4.26. The van der Waals surface area contributed by atoms with Gasteiger partial charge < -0.3 is 20.1 Å². The van der Waals surface area contributed by atoms with Crippen LogP contribution in [0.3, 0.4) is 0 Å². The van der Waals surface area contributed by atoms with Crippen LogP contribution in [0.25, 0.3) is 0 Å². The molecule has 1 aromatic heterocycles. The number of aliphatic imine (C=N–C) groups is 1. The van der Waals surface area contributed by atoms with E-state index in [1.165, 1.54) is 38.6 Å². The summed E-state index contributed by atoms with van der Waals surface area (Å²) in [5.74, 6) is 2.04. The van der Waals surface area contributed by atoms with E-state index in [1.54, 1.807) is 11.8 Å². The Hall–Kier alpha value is -0.550. The number of guanidine groups is 1. The Morgan fingerprint density at radius 1 is 1.23 bits per heavy atom. The van der Waals surface area contributed by atoms with Crippen molar-refractivity contribution in [2.24, 2.45) is 4.99 Å². The average molecular weight is 566 g/mol. The van der Waals surface area contributed by atoms with Gasteiger partial charge in [-0.25, -0.2) is 0 Å². The van der Waals surface area contributed by atoms with E-state index < -0.39 is 0 Å². The van der Waals surface area contributed by atoms with Crippen LogP contribution in [0.4, 0.5) is 0 Å². The van der Waals surface area contributed by atoms with Crippen molar-refractivity contribution >= 4 is 41.7 Å². The lowest BCUT2D eigenvalue weighted by atomic mass is 10.2. The van der Waals surface area contributed by atoms with Crippen molar-refractivity contribution in [3.05, 3.63) is 5.82 Å². The first-order valence-electron chi connectivity index (χ1n) is 11.8. The van der Waals surface area contributed by atoms with Gasteiger partial charge in [0.2, 0.25) is 0 Å². The highest BCUT2D eigenvalue weighted by molar-refractivity contribution is 14.0. The van der Waals surface area contributed by atoms with Crippen LogP contribution >= 0.6 is 35.7 Å². The van der Waals surface area contributed by atoms with Gasteiger partial charge in [-0.2, -0.15) is 0 Å². The summed E-state index contributed by atoms with van der Waals surface area (Å²) in [5.41, 5.74) is 0. The topological polar surface area (TPSA) is 70.4 Å². The van der Waals surface area contributed by atoms with E-state index in [0.717, 1.165) is 55.8 Å². The zero-order chi connectivity index (χ0) is 21.8. The number of halogens is 1. The molecule has 0 aliphatic heterocycles. The predicted molar refractivity (Wildman–Crippen MR) is 144 cm³/mol. The molecule has 9 heteroatoms. The van der Waals surface area contributed by atoms with Crippen molar-refractivity contribution in [1.82, 2.24) is 30.3 Å². The minimum absolute atomic E-state index is 0. The smallest absolute Gasteiger partial charge is 0.191 e. The zero-order valence-electron chi connectivity index (χ0n) is 20.2. The summed E-state index contributed by atoms with van der Waals surface area (Å²) in [6.07, 6.45) is 11.6. The van der Waals surface area contributed by atoms with E-state index >= 15 is 0 Å². The van der Waals surface area contributed by atoms with Crippen LogP contribution in [0, 0.1) is 0 Å². The number of hydrogen-bond acceptors (Lipinski definition) is 5. The van der Waals surface area contributed by atoms with Gasteiger partial charge >= 0.3 is 0 Å². The lowest BCUT2D eigenvalue weighted by Crippen LogP contribution is -2.42. The van der Waals surface area contributed by atoms with Gasteiger partial charge in [0, 0.05) is 32.1 Å². The third-order valence-corrected chi connectivity index (χ3v) is 6.73. The van der Waals surface area contributed by atoms with E-state index in [1.807, 2.05) is 7.05 Å². The fraction of sp³-hybridized carbons (Fsp3) is 0.864. The molecule has 0 radical (unpaired) electrons. The molecule has 31 heavy (non-hydrogen) atoms. The van der Waals surface area contributed by atoms with Gasteiger partial charge in [0.15, 0.2) is 11.1 Å². The standard InChI is InChI=1S/C22H43N7S.HI/c1-6-28(7-2)17-11-12-18(3)25-21(23-4)24-16-10-15-20-26-27-22(30-5)29(20)19-13-8-9-14-19;/h18-19H,6-17H2,1-5H3,(H2,23,24,25);1H. The third-order valence-electron chi connectivity index (χ3n) is 6.09. The number of aryl methyl sites for hydroxylation is 1. The van der Waals surface area contributed by atoms with Crippen molar-refractivity contribution in [2.45, 2.75) is 89.4 Å². The Morgan fingerprint density at radius 2 is 1.94 bits per heavy atom. The van der Waals surface area contributed by atoms with E-state index in [9.17, 15) is 0 Å². The molecule has 1 heterocycles. The average Bonchev–Trinajstić information content (AvgIpc) is 3.42. The highest BCUT2D eigenvalue weighted by Gasteiger charge is 2.23. The van der Waals surface area contributed by atoms with E-state index in [-0.39, 0.29) is 24.0 Å². The van der Waals surface area contributed by atoms with Crippen LogP contribution in [-0.4, -0.2) is 71.1 Å². The largest absolute Gasteiger partial charge is 0.356 e. The molecule has 0 bridgehead atoms. The highest BCUT2D eigenvalue weighted by Crippen LogP contribution is 2.33. The second-order valence-electron chi connectivity index (χ2n) is 8.23. The number of aromatic nitrogens is 3. The van der Waals surface area contributed by atoms with Gasteiger partial charge in [-0.1, -0.05) is 38.5 Å². The first-order valence-corrected chi connectivity index (χ1v) is 13.0. The van der Waals surface area contributed by atoms with Gasteiger partial charge in [0.05, 0.1) is 0 Å². The zero-order valence-corrected chi connectivity index (χ0v) is 23.3. The molecule has 1 aliphatic rings. The fourth-order valence-corrected chi connectivity index (χ4v) is 4.83. The predicted octanol–water partition coefficient (Wildman–Crippen LogP) is 4.34. The molecule has 7 nitrogen and oxygen atoms in total. The summed E-state index contributed by atoms with van der Waals surface area (Å²) in [6, 6.07) is 1.01. The van der Waals surface area contributed by atoms with Crippen LogP contribution in [0.5, 0.6) is 0 Å². The van der Waals surface area contributed by atoms with E-state index in [4.69, 9.17) is 0 Å². The quantitative estimate of drug-likeness (QED) is 0.122. The maximum absolute atomic E-state index is 4.49. The first-order chi connectivity index (χ1) is 14.6. The number of nitrogens with one attached hydrogen (secondary N) is 2. The molecule has 0 amide bonds. The summed E-state index contributed by atoms with van der Waals surface area (Å²) >= 11 is 1.71. The lowest BCUT2D eigenvalue weighted by Gasteiger charge is -2.21. The van der Waals surface area contributed by atoms with Crippen LogP contribution in [0.15, 0.2) is 10.1 Å². The number of thioether (sulfide) groups is 1. The van der Waals surface area contributed by atoms with Crippen molar-refractivity contribution < 1.29 is 0 Å². The molecule has 1 fully saturated rings. The van der Waals surface area contributed by atoms with Gasteiger partial charge in [0.25, 0.3) is 0 Å². The van der Waals surface area contributed by atoms with Gasteiger partial charge in [0.1, 0.15) is 5.82 Å². The molecule has 2 N–H and O–H groups in total. The molecule has 1 aromatic rings. The summed E-state index contributed by atoms with van der Waals surface area (Å²) in [5, 5.41) is 17.0. The van der Waals surface area contributed by atoms with Gasteiger partial charge in [-0.3, -0.25) is 4.99 Å². The number of rotatable bonds is 13. The Kier molecular flexibility index (Phi) is 14.8. The Balaban J connectivity index is 0.00000480. The molecular formula is C22H44IN7S. The van der Waals surface area contributed by atoms with Crippen molar-refractivity contribution in [2.75, 3.05) is 39.5 Å². The molecule has 0 saturated heterocycles. The lowest BCUT2D eigenvalue weighted by molar-refractivity contribution is 0.292. The van der Waals surface area contributed by atoms with E-state index in [0.29, 0.717) is 12.1 Å². The van der Waals surface area contributed by atoms with Crippen LogP contribution in [-0.2, 0) is 6.42 Å². The minimum atomic E-state index is 0. The summed E-state index contributed by atoms with van der Waals surface area (Å²) in [6.45, 7) is 11.0. The third kappa shape index (κ3) is 9.45. The number of hydrogen-bond donors (Lipinski definition) is 2. The van der Waals surface area contributed by atoms with Crippen molar-refractivity contribution in [3.63, 3.8) is 0 Å². The Bertz CT molecular complexity index is 627. The highest BCUT2D eigenvalue weighted by atomic mass is 127. The second kappa shape index (κ2) is 16.1. The maximum Gasteiger partial charge on any atom is 0.191 e. The molecule has 1 atom stereocenters. The van der Waals surface area contributed by atoms with Crippen molar-refractivity contribution in [1.29, 1.82) is 0 Å². The summed E-state index contributed by atoms with van der Waals surface area (Å²) in [4.78, 5) is 6.87.